The predicted molar refractivity (Wildman–Crippen MR) is 83.7 cm³/mol. The molecule has 1 amide bonds. The lowest BCUT2D eigenvalue weighted by Gasteiger charge is -2.07. The van der Waals surface area contributed by atoms with Gasteiger partial charge in [-0.25, -0.2) is 0 Å². The molecule has 0 bridgehead atoms. The van der Waals surface area contributed by atoms with E-state index in [9.17, 15) is 4.79 Å². The van der Waals surface area contributed by atoms with Gasteiger partial charge in [-0.1, -0.05) is 25.8 Å². The van der Waals surface area contributed by atoms with Gasteiger partial charge in [0.1, 0.15) is 5.75 Å². The molecule has 106 valence electrons. The number of unbranched alkanes of at least 4 members (excludes halogenated alkanes) is 2. The summed E-state index contributed by atoms with van der Waals surface area (Å²) in [4.78, 5) is 12.6. The Labute approximate surface area is 123 Å². The molecule has 1 N–H and O–H groups in total. The lowest BCUT2D eigenvalue weighted by atomic mass is 10.2. The molecule has 0 atom stereocenters. The number of rotatable bonds is 7. The molecule has 0 unspecified atom stereocenters. The normalized spacial score (nSPS) is 10.2. The van der Waals surface area contributed by atoms with Gasteiger partial charge in [0.2, 0.25) is 0 Å². The third-order valence-electron chi connectivity index (χ3n) is 2.87. The minimum absolute atomic E-state index is 0.0726. The van der Waals surface area contributed by atoms with Crippen molar-refractivity contribution in [3.05, 3.63) is 46.7 Å². The number of thiophene rings is 1. The fraction of sp³-hybridized carbons (Fsp3) is 0.312. The summed E-state index contributed by atoms with van der Waals surface area (Å²) < 4.78 is 5.63. The van der Waals surface area contributed by atoms with E-state index in [1.165, 1.54) is 24.2 Å². The monoisotopic (exact) mass is 289 g/mol. The van der Waals surface area contributed by atoms with Crippen molar-refractivity contribution in [3.63, 3.8) is 0 Å². The van der Waals surface area contributed by atoms with Crippen molar-refractivity contribution in [1.82, 2.24) is 0 Å². The minimum atomic E-state index is -0.0726. The lowest BCUT2D eigenvalue weighted by molar-refractivity contribution is 0.103. The van der Waals surface area contributed by atoms with E-state index < -0.39 is 0 Å². The molecule has 0 saturated carbocycles. The second-order valence-corrected chi connectivity index (χ2v) is 5.46. The smallest absolute Gasteiger partial charge is 0.265 e. The average molecular weight is 289 g/mol. The van der Waals surface area contributed by atoms with E-state index in [4.69, 9.17) is 4.74 Å². The summed E-state index contributed by atoms with van der Waals surface area (Å²) in [5.41, 5.74) is 0.782. The fourth-order valence-corrected chi connectivity index (χ4v) is 2.40. The molecule has 2 aromatic rings. The molecule has 2 rings (SSSR count). The second-order valence-electron chi connectivity index (χ2n) is 4.51. The molecule has 4 heteroatoms. The summed E-state index contributed by atoms with van der Waals surface area (Å²) in [7, 11) is 0. The van der Waals surface area contributed by atoms with E-state index in [2.05, 4.69) is 12.2 Å². The van der Waals surface area contributed by atoms with Crippen LogP contribution in [0.1, 0.15) is 35.9 Å². The van der Waals surface area contributed by atoms with Crippen molar-refractivity contribution >= 4 is 22.9 Å². The molecule has 0 saturated heterocycles. The van der Waals surface area contributed by atoms with Crippen LogP contribution in [0.5, 0.6) is 5.75 Å². The maximum absolute atomic E-state index is 11.9. The van der Waals surface area contributed by atoms with E-state index >= 15 is 0 Å². The molecule has 3 nitrogen and oxygen atoms in total. The number of benzene rings is 1. The Morgan fingerprint density at radius 2 is 2.00 bits per heavy atom. The van der Waals surface area contributed by atoms with Crippen LogP contribution in [-0.2, 0) is 0 Å². The Balaban J connectivity index is 1.83. The van der Waals surface area contributed by atoms with Crippen LogP contribution < -0.4 is 10.1 Å². The SMILES string of the molecule is CCCCCOc1ccc(NC(=O)c2cccs2)cc1. The van der Waals surface area contributed by atoms with Crippen molar-refractivity contribution < 1.29 is 9.53 Å². The van der Waals surface area contributed by atoms with Crippen LogP contribution >= 0.6 is 11.3 Å². The highest BCUT2D eigenvalue weighted by molar-refractivity contribution is 7.12. The Kier molecular flexibility index (Phi) is 5.62. The van der Waals surface area contributed by atoms with Crippen molar-refractivity contribution in [2.24, 2.45) is 0 Å². The Morgan fingerprint density at radius 3 is 2.65 bits per heavy atom. The Hall–Kier alpha value is -1.81. The first-order valence-electron chi connectivity index (χ1n) is 6.87. The van der Waals surface area contributed by atoms with Crippen LogP contribution in [0.2, 0.25) is 0 Å². The lowest BCUT2D eigenvalue weighted by Crippen LogP contribution is -2.09. The number of hydrogen-bond donors (Lipinski definition) is 1. The van der Waals surface area contributed by atoms with Crippen molar-refractivity contribution in [2.45, 2.75) is 26.2 Å². The Bertz CT molecular complexity index is 520. The van der Waals surface area contributed by atoms with E-state index in [1.54, 1.807) is 0 Å². The van der Waals surface area contributed by atoms with E-state index in [1.807, 2.05) is 41.8 Å². The zero-order chi connectivity index (χ0) is 14.2. The fourth-order valence-electron chi connectivity index (χ4n) is 1.78. The van der Waals surface area contributed by atoms with E-state index in [0.717, 1.165) is 24.5 Å². The number of carbonyl (C=O) groups excluding carboxylic acids is 1. The van der Waals surface area contributed by atoms with Crippen molar-refractivity contribution in [3.8, 4) is 5.75 Å². The summed E-state index contributed by atoms with van der Waals surface area (Å²) >= 11 is 1.43. The molecular formula is C16H19NO2S. The van der Waals surface area contributed by atoms with Crippen molar-refractivity contribution in [2.75, 3.05) is 11.9 Å². The van der Waals surface area contributed by atoms with Crippen molar-refractivity contribution in [1.29, 1.82) is 0 Å². The summed E-state index contributed by atoms with van der Waals surface area (Å²) in [6, 6.07) is 11.2. The predicted octanol–water partition coefficient (Wildman–Crippen LogP) is 4.57. The number of hydrogen-bond acceptors (Lipinski definition) is 3. The summed E-state index contributed by atoms with van der Waals surface area (Å²) in [5.74, 6) is 0.770. The van der Waals surface area contributed by atoms with Gasteiger partial charge in [-0.15, -0.1) is 11.3 Å². The van der Waals surface area contributed by atoms with E-state index in [0.29, 0.717) is 4.88 Å². The highest BCUT2D eigenvalue weighted by atomic mass is 32.1. The third-order valence-corrected chi connectivity index (χ3v) is 3.74. The molecule has 0 spiro atoms. The summed E-state index contributed by atoms with van der Waals surface area (Å²) in [6.45, 7) is 2.92. The van der Waals surface area contributed by atoms with Crippen LogP contribution in [-0.4, -0.2) is 12.5 Å². The molecule has 1 aromatic carbocycles. The van der Waals surface area contributed by atoms with Gasteiger partial charge in [-0.05, 0) is 42.1 Å². The average Bonchev–Trinajstić information content (AvgIpc) is 3.00. The first-order valence-corrected chi connectivity index (χ1v) is 7.75. The molecule has 0 aliphatic rings. The van der Waals surface area contributed by atoms with E-state index in [-0.39, 0.29) is 5.91 Å². The molecular weight excluding hydrogens is 270 g/mol. The second kappa shape index (κ2) is 7.70. The number of nitrogens with one attached hydrogen (secondary N) is 1. The number of anilines is 1. The minimum Gasteiger partial charge on any atom is -0.494 e. The zero-order valence-electron chi connectivity index (χ0n) is 11.6. The summed E-state index contributed by atoms with van der Waals surface area (Å²) in [5, 5.41) is 4.75. The number of amides is 1. The molecule has 0 radical (unpaired) electrons. The topological polar surface area (TPSA) is 38.3 Å². The van der Waals surface area contributed by atoms with Gasteiger partial charge in [0.05, 0.1) is 11.5 Å². The van der Waals surface area contributed by atoms with Gasteiger partial charge < -0.3 is 10.1 Å². The van der Waals surface area contributed by atoms with Crippen LogP contribution in [0.15, 0.2) is 41.8 Å². The van der Waals surface area contributed by atoms with Gasteiger partial charge in [0, 0.05) is 5.69 Å². The first-order chi connectivity index (χ1) is 9.79. The van der Waals surface area contributed by atoms with Crippen LogP contribution in [0, 0.1) is 0 Å². The number of ether oxygens (including phenoxy) is 1. The maximum Gasteiger partial charge on any atom is 0.265 e. The molecule has 1 heterocycles. The van der Waals surface area contributed by atoms with Crippen LogP contribution in [0.3, 0.4) is 0 Å². The van der Waals surface area contributed by atoms with Crippen LogP contribution in [0.4, 0.5) is 5.69 Å². The molecule has 20 heavy (non-hydrogen) atoms. The summed E-state index contributed by atoms with van der Waals surface area (Å²) in [6.07, 6.45) is 3.46. The largest absolute Gasteiger partial charge is 0.494 e. The maximum atomic E-state index is 11.9. The molecule has 0 aliphatic heterocycles. The first kappa shape index (κ1) is 14.6. The standard InChI is InChI=1S/C16H19NO2S/c1-2-3-4-11-19-14-9-7-13(8-10-14)17-16(18)15-6-5-12-20-15/h5-10,12H,2-4,11H2,1H3,(H,17,18). The van der Waals surface area contributed by atoms with Gasteiger partial charge in [-0.3, -0.25) is 4.79 Å². The third kappa shape index (κ3) is 4.38. The zero-order valence-corrected chi connectivity index (χ0v) is 12.4. The number of carbonyl (C=O) groups is 1. The highest BCUT2D eigenvalue weighted by Crippen LogP contribution is 2.18. The van der Waals surface area contributed by atoms with Gasteiger partial charge in [-0.2, -0.15) is 0 Å². The molecule has 0 aliphatic carbocycles. The Morgan fingerprint density at radius 1 is 1.20 bits per heavy atom. The molecule has 0 fully saturated rings. The molecule has 1 aromatic heterocycles. The van der Waals surface area contributed by atoms with Gasteiger partial charge >= 0.3 is 0 Å². The van der Waals surface area contributed by atoms with Gasteiger partial charge in [0.25, 0.3) is 5.91 Å². The van der Waals surface area contributed by atoms with Crippen LogP contribution in [0.25, 0.3) is 0 Å². The van der Waals surface area contributed by atoms with Gasteiger partial charge in [0.15, 0.2) is 0 Å². The highest BCUT2D eigenvalue weighted by Gasteiger charge is 2.06. The quantitative estimate of drug-likeness (QED) is 0.758.